The average Bonchev–Trinajstić information content (AvgIpc) is 3.52. The maximum Gasteiger partial charge on any atom is 0.294 e. The van der Waals surface area contributed by atoms with Crippen molar-refractivity contribution in [1.29, 1.82) is 0 Å². The minimum atomic E-state index is -0.902. The maximum absolute atomic E-state index is 13.2. The molecule has 13 nitrogen and oxygen atoms in total. The van der Waals surface area contributed by atoms with E-state index in [0.717, 1.165) is 38.6 Å². The molecule has 0 radical (unpaired) electrons. The molecule has 0 unspecified atom stereocenters. The van der Waals surface area contributed by atoms with Gasteiger partial charge in [0, 0.05) is 28.8 Å². The number of aryl methyl sites for hydroxylation is 2. The molecule has 0 bridgehead atoms. The molecule has 0 atom stereocenters. The summed E-state index contributed by atoms with van der Waals surface area (Å²) in [6.45, 7) is 3.82. The smallest absolute Gasteiger partial charge is 0.294 e. The van der Waals surface area contributed by atoms with Gasteiger partial charge in [0.15, 0.2) is 5.84 Å². The largest absolute Gasteiger partial charge is 0.309 e. The topological polar surface area (TPSA) is 155 Å². The summed E-state index contributed by atoms with van der Waals surface area (Å²) < 4.78 is 0. The lowest BCUT2D eigenvalue weighted by molar-refractivity contribution is -0.763. The Labute approximate surface area is 252 Å². The van der Waals surface area contributed by atoms with Gasteiger partial charge in [-0.25, -0.2) is 9.97 Å². The fraction of sp³-hybridized carbons (Fsp3) is 0.194. The van der Waals surface area contributed by atoms with Crippen molar-refractivity contribution in [2.24, 2.45) is 5.10 Å². The van der Waals surface area contributed by atoms with E-state index in [9.17, 15) is 19.7 Å². The summed E-state index contributed by atoms with van der Waals surface area (Å²) in [5.74, 6) is 1.29. The van der Waals surface area contributed by atoms with Crippen LogP contribution < -0.4 is 15.9 Å². The Morgan fingerprint density at radius 2 is 1.70 bits per heavy atom. The number of benzene rings is 3. The number of fused-ring (bicyclic) bond motifs is 1. The number of nitrogens with zero attached hydrogens (tertiary/aromatic N) is 6. The van der Waals surface area contributed by atoms with Crippen LogP contribution in [0.2, 0.25) is 0 Å². The van der Waals surface area contributed by atoms with Gasteiger partial charge in [-0.1, -0.05) is 66.7 Å². The zero-order valence-corrected chi connectivity index (χ0v) is 24.0. The van der Waals surface area contributed by atoms with Crippen molar-refractivity contribution in [3.8, 4) is 11.1 Å². The normalized spacial score (nSPS) is 14.0. The number of hydrogen-bond acceptors (Lipinski definition) is 10. The number of amides is 2. The Hall–Kier alpha value is -5.85. The Bertz CT molecular complexity index is 1810. The van der Waals surface area contributed by atoms with Gasteiger partial charge in [0.25, 0.3) is 11.0 Å². The van der Waals surface area contributed by atoms with Crippen molar-refractivity contribution in [2.75, 3.05) is 4.90 Å². The number of rotatable bonds is 8. The Kier molecular flexibility index (Phi) is 7.58. The molecule has 13 heteroatoms. The van der Waals surface area contributed by atoms with Crippen LogP contribution in [-0.4, -0.2) is 37.8 Å². The number of hydrazine groups is 2. The fourth-order valence-corrected chi connectivity index (χ4v) is 5.37. The van der Waals surface area contributed by atoms with Gasteiger partial charge in [-0.05, 0) is 48.6 Å². The molecule has 0 fully saturated rings. The maximum atomic E-state index is 13.2. The van der Waals surface area contributed by atoms with E-state index in [1.54, 1.807) is 29.2 Å². The van der Waals surface area contributed by atoms with E-state index < -0.39 is 11.0 Å². The number of anilines is 1. The Morgan fingerprint density at radius 3 is 2.48 bits per heavy atom. The summed E-state index contributed by atoms with van der Waals surface area (Å²) in [5, 5.41) is 15.2. The lowest BCUT2D eigenvalue weighted by Gasteiger charge is -2.29. The van der Waals surface area contributed by atoms with E-state index in [4.69, 9.17) is 0 Å². The van der Waals surface area contributed by atoms with Crippen LogP contribution in [0.15, 0.2) is 77.9 Å². The number of carbonyl (C=O) groups is 2. The first-order valence-electron chi connectivity index (χ1n) is 13.9. The van der Waals surface area contributed by atoms with Gasteiger partial charge in [0.05, 0.1) is 6.54 Å². The minimum absolute atomic E-state index is 0.0364. The molecular weight excluding hydrogens is 564 g/mol. The van der Waals surface area contributed by atoms with E-state index in [2.05, 4.69) is 30.9 Å². The molecule has 1 aromatic heterocycles. The van der Waals surface area contributed by atoms with Crippen LogP contribution in [0.25, 0.3) is 11.1 Å². The summed E-state index contributed by atoms with van der Waals surface area (Å²) in [7, 11) is 0. The van der Waals surface area contributed by atoms with E-state index in [1.165, 1.54) is 0 Å². The summed E-state index contributed by atoms with van der Waals surface area (Å²) in [4.78, 5) is 52.1. The molecule has 3 heterocycles. The van der Waals surface area contributed by atoms with Crippen LogP contribution in [0.5, 0.6) is 0 Å². The molecule has 3 aromatic carbocycles. The van der Waals surface area contributed by atoms with Crippen LogP contribution in [0, 0.1) is 24.0 Å². The van der Waals surface area contributed by atoms with Crippen molar-refractivity contribution in [3.63, 3.8) is 0 Å². The Morgan fingerprint density at radius 1 is 0.977 bits per heavy atom. The van der Waals surface area contributed by atoms with Crippen molar-refractivity contribution in [3.05, 3.63) is 122 Å². The molecule has 2 N–H and O–H groups in total. The van der Waals surface area contributed by atoms with Crippen LogP contribution in [0.3, 0.4) is 0 Å². The second-order valence-corrected chi connectivity index (χ2v) is 10.3. The van der Waals surface area contributed by atoms with Crippen molar-refractivity contribution in [1.82, 2.24) is 26.0 Å². The van der Waals surface area contributed by atoms with Crippen molar-refractivity contribution < 1.29 is 19.5 Å². The number of hydrazone groups is 1. The van der Waals surface area contributed by atoms with E-state index >= 15 is 0 Å². The zero-order valence-electron chi connectivity index (χ0n) is 24.0. The molecule has 2 aliphatic heterocycles. The number of aromatic nitrogens is 2. The van der Waals surface area contributed by atoms with Gasteiger partial charge >= 0.3 is 0 Å². The first-order valence-corrected chi connectivity index (χ1v) is 13.9. The van der Waals surface area contributed by atoms with Crippen LogP contribution >= 0.6 is 0 Å². The number of carbonyl (C=O) groups excluding carboxylic acids is 2. The predicted molar refractivity (Wildman–Crippen MR) is 160 cm³/mol. The molecule has 44 heavy (non-hydrogen) atoms. The fourth-order valence-electron chi connectivity index (χ4n) is 5.37. The number of nitrogens with one attached hydrogen (secondary N) is 2. The molecule has 0 saturated carbocycles. The predicted octanol–water partition coefficient (Wildman–Crippen LogP) is 3.77. The molecule has 222 valence electrons. The summed E-state index contributed by atoms with van der Waals surface area (Å²) in [5.41, 5.74) is 11.7. The highest BCUT2D eigenvalue weighted by atomic mass is 16.9. The lowest BCUT2D eigenvalue weighted by Crippen LogP contribution is -2.46. The molecule has 0 spiro atoms. The second-order valence-electron chi connectivity index (χ2n) is 10.3. The Balaban J connectivity index is 1.19. The molecule has 2 amide bonds. The van der Waals surface area contributed by atoms with E-state index in [1.807, 2.05) is 62.4 Å². The summed E-state index contributed by atoms with van der Waals surface area (Å²) in [6.07, 6.45) is 1.07. The van der Waals surface area contributed by atoms with Gasteiger partial charge in [0.2, 0.25) is 5.91 Å². The third kappa shape index (κ3) is 5.62. The number of hydrogen-bond donors (Lipinski definition) is 2. The SMILES string of the molecule is Cc1nc(C)c2c(n1)N(Cc1ccc(-c3ccccc3C3=NNN(C(=O)c4ccccc4CO[N+](=O)[O-])N3)cc1)C(=O)CC2. The third-order valence-corrected chi connectivity index (χ3v) is 7.49. The second kappa shape index (κ2) is 11.8. The zero-order chi connectivity index (χ0) is 30.8. The monoisotopic (exact) mass is 592 g/mol. The molecule has 0 aliphatic carbocycles. The van der Waals surface area contributed by atoms with Crippen molar-refractivity contribution in [2.45, 2.75) is 39.8 Å². The van der Waals surface area contributed by atoms with E-state index in [-0.39, 0.29) is 18.1 Å². The van der Waals surface area contributed by atoms with Crippen LogP contribution in [-0.2, 0) is 29.2 Å². The molecular formula is C31H28N8O5. The van der Waals surface area contributed by atoms with Crippen LogP contribution in [0.4, 0.5) is 5.82 Å². The highest BCUT2D eigenvalue weighted by molar-refractivity contribution is 6.07. The molecule has 2 aliphatic rings. The number of amidine groups is 1. The van der Waals surface area contributed by atoms with Gasteiger partial charge in [-0.15, -0.1) is 20.3 Å². The van der Waals surface area contributed by atoms with Gasteiger partial charge in [-0.2, -0.15) is 5.53 Å². The molecule has 6 rings (SSSR count). The third-order valence-electron chi connectivity index (χ3n) is 7.49. The van der Waals surface area contributed by atoms with Gasteiger partial charge in [0.1, 0.15) is 18.2 Å². The quantitative estimate of drug-likeness (QED) is 0.230. The molecule has 4 aromatic rings. The summed E-state index contributed by atoms with van der Waals surface area (Å²) in [6, 6.07) is 22.0. The van der Waals surface area contributed by atoms with E-state index in [0.29, 0.717) is 42.4 Å². The first kappa shape index (κ1) is 28.3. The standard InChI is InChI=1S/C31H28N8O5/c1-19-24-15-16-28(40)37(30(24)33-20(2)32-19)17-21-11-13-22(14-12-21)25-8-5-6-10-27(25)29-34-36-38(35-29)31(41)26-9-4-3-7-23(26)18-44-39(42)43/h3-14,36H,15-18H2,1-2H3,(H,34,35). The summed E-state index contributed by atoms with van der Waals surface area (Å²) >= 11 is 0. The van der Waals surface area contributed by atoms with Crippen LogP contribution in [0.1, 0.15) is 50.6 Å². The minimum Gasteiger partial charge on any atom is -0.309 e. The molecule has 0 saturated heterocycles. The van der Waals surface area contributed by atoms with Gasteiger partial charge < -0.3 is 4.84 Å². The average molecular weight is 593 g/mol. The van der Waals surface area contributed by atoms with Gasteiger partial charge in [-0.3, -0.25) is 19.9 Å². The highest BCUT2D eigenvalue weighted by Gasteiger charge is 2.28. The van der Waals surface area contributed by atoms with Crippen molar-refractivity contribution >= 4 is 23.5 Å². The first-order chi connectivity index (χ1) is 21.3. The highest BCUT2D eigenvalue weighted by Crippen LogP contribution is 2.30. The lowest BCUT2D eigenvalue weighted by atomic mass is 9.97.